The summed E-state index contributed by atoms with van der Waals surface area (Å²) in [6.07, 6.45) is 0.775. The zero-order valence-corrected chi connectivity index (χ0v) is 16.8. The lowest BCUT2D eigenvalue weighted by molar-refractivity contribution is 0.0374. The number of fused-ring (bicyclic) bond motifs is 1. The summed E-state index contributed by atoms with van der Waals surface area (Å²) in [6.45, 7) is 4.53. The van der Waals surface area contributed by atoms with Gasteiger partial charge in [-0.2, -0.15) is 0 Å². The lowest BCUT2D eigenvalue weighted by Gasteiger charge is -2.26. The molecule has 3 amide bonds. The van der Waals surface area contributed by atoms with Crippen molar-refractivity contribution in [3.05, 3.63) is 57.4 Å². The van der Waals surface area contributed by atoms with E-state index in [9.17, 15) is 19.2 Å². The number of hydrogen-bond donors (Lipinski definition) is 3. The summed E-state index contributed by atoms with van der Waals surface area (Å²) in [4.78, 5) is 51.8. The number of carbonyl (C=O) groups is 3. The molecular weight excluding hydrogens is 402 g/mol. The van der Waals surface area contributed by atoms with Gasteiger partial charge in [-0.15, -0.1) is 0 Å². The number of rotatable bonds is 6. The second kappa shape index (κ2) is 8.70. The molecule has 2 aliphatic heterocycles. The van der Waals surface area contributed by atoms with Crippen LogP contribution in [0.4, 0.5) is 5.82 Å². The van der Waals surface area contributed by atoms with Crippen LogP contribution in [0.3, 0.4) is 0 Å². The summed E-state index contributed by atoms with van der Waals surface area (Å²) in [5.41, 5.74) is 5.85. The maximum atomic E-state index is 12.8. The first kappa shape index (κ1) is 20.8. The first-order valence-corrected chi connectivity index (χ1v) is 10.1. The number of hydrogen-bond acceptors (Lipinski definition) is 7. The fraction of sp³-hybridized carbons (Fsp3) is 0.333. The molecule has 31 heavy (non-hydrogen) atoms. The van der Waals surface area contributed by atoms with E-state index in [0.29, 0.717) is 6.54 Å². The Labute approximate surface area is 178 Å². The summed E-state index contributed by atoms with van der Waals surface area (Å²) in [5, 5.41) is 5.00. The Morgan fingerprint density at radius 3 is 2.65 bits per heavy atom. The molecule has 0 saturated carbocycles. The topological polar surface area (TPSA) is 136 Å². The first-order valence-electron chi connectivity index (χ1n) is 10.1. The van der Waals surface area contributed by atoms with Crippen LogP contribution in [0.15, 0.2) is 35.1 Å². The van der Waals surface area contributed by atoms with Gasteiger partial charge in [-0.3, -0.25) is 34.0 Å². The van der Waals surface area contributed by atoms with E-state index >= 15 is 0 Å². The summed E-state index contributed by atoms with van der Waals surface area (Å²) in [7, 11) is 0. The number of benzene rings is 1. The maximum absolute atomic E-state index is 12.8. The number of nitrogens with two attached hydrogens (primary N) is 1. The molecule has 0 aliphatic carbocycles. The Balaban J connectivity index is 1.55. The summed E-state index contributed by atoms with van der Waals surface area (Å²) in [5.74, 6) is -1.87. The van der Waals surface area contributed by atoms with Crippen LogP contribution in [0, 0.1) is 0 Å². The number of aromatic nitrogens is 1. The van der Waals surface area contributed by atoms with E-state index in [2.05, 4.69) is 15.5 Å². The summed E-state index contributed by atoms with van der Waals surface area (Å²) < 4.78 is 6.41. The van der Waals surface area contributed by atoms with Crippen LogP contribution in [0.2, 0.25) is 0 Å². The van der Waals surface area contributed by atoms with Crippen molar-refractivity contribution in [1.29, 1.82) is 0 Å². The predicted molar refractivity (Wildman–Crippen MR) is 112 cm³/mol. The molecule has 4 N–H and O–H groups in total. The van der Waals surface area contributed by atoms with E-state index in [4.69, 9.17) is 10.5 Å². The first-order chi connectivity index (χ1) is 15.0. The number of amides is 3. The molecular formula is C21H23N5O5. The monoisotopic (exact) mass is 425 g/mol. The van der Waals surface area contributed by atoms with Crippen molar-refractivity contribution in [1.82, 2.24) is 20.1 Å². The fourth-order valence-electron chi connectivity index (χ4n) is 3.81. The van der Waals surface area contributed by atoms with Crippen LogP contribution in [0.1, 0.15) is 37.5 Å². The minimum absolute atomic E-state index is 0.0613. The van der Waals surface area contributed by atoms with Crippen molar-refractivity contribution in [2.75, 3.05) is 45.1 Å². The third-order valence-corrected chi connectivity index (χ3v) is 5.38. The molecule has 10 heteroatoms. The summed E-state index contributed by atoms with van der Waals surface area (Å²) in [6, 6.07) is 7.55. The zero-order chi connectivity index (χ0) is 22.0. The van der Waals surface area contributed by atoms with Gasteiger partial charge >= 0.3 is 0 Å². The molecule has 10 nitrogen and oxygen atoms in total. The smallest absolute Gasteiger partial charge is 0.262 e. The SMILES string of the molecule is Nc1c2c(cc(=O)n1-c1ccccc1C(=O)NCCCN1CCOCC1)C(=O)NC2=O. The molecule has 162 valence electrons. The maximum Gasteiger partial charge on any atom is 0.262 e. The highest BCUT2D eigenvalue weighted by Crippen LogP contribution is 2.24. The number of para-hydroxylation sites is 1. The Kier molecular flexibility index (Phi) is 5.83. The number of imide groups is 1. The Hall–Kier alpha value is -3.50. The van der Waals surface area contributed by atoms with Crippen LogP contribution >= 0.6 is 0 Å². The van der Waals surface area contributed by atoms with Crippen molar-refractivity contribution >= 4 is 23.5 Å². The van der Waals surface area contributed by atoms with Crippen LogP contribution in [0.25, 0.3) is 5.69 Å². The lowest BCUT2D eigenvalue weighted by atomic mass is 10.1. The molecule has 4 rings (SSSR count). The number of nitrogens with zero attached hydrogens (tertiary/aromatic N) is 2. The van der Waals surface area contributed by atoms with Gasteiger partial charge in [-0.1, -0.05) is 12.1 Å². The van der Waals surface area contributed by atoms with Crippen molar-refractivity contribution in [3.63, 3.8) is 0 Å². The van der Waals surface area contributed by atoms with E-state index in [1.54, 1.807) is 24.3 Å². The molecule has 0 radical (unpaired) electrons. The molecule has 1 aromatic heterocycles. The molecule has 0 atom stereocenters. The highest BCUT2D eigenvalue weighted by Gasteiger charge is 2.32. The van der Waals surface area contributed by atoms with Gasteiger partial charge < -0.3 is 15.8 Å². The highest BCUT2D eigenvalue weighted by atomic mass is 16.5. The molecule has 0 spiro atoms. The Morgan fingerprint density at radius 2 is 1.87 bits per heavy atom. The minimum atomic E-state index is -0.670. The van der Waals surface area contributed by atoms with E-state index < -0.39 is 17.4 Å². The van der Waals surface area contributed by atoms with Gasteiger partial charge in [0.2, 0.25) is 0 Å². The number of nitrogens with one attached hydrogen (secondary N) is 2. The Bertz CT molecular complexity index is 1100. The van der Waals surface area contributed by atoms with Crippen molar-refractivity contribution < 1.29 is 19.1 Å². The molecule has 2 aliphatic rings. The van der Waals surface area contributed by atoms with Gasteiger partial charge in [0, 0.05) is 25.7 Å². The van der Waals surface area contributed by atoms with Crippen LogP contribution in [-0.2, 0) is 4.74 Å². The second-order valence-electron chi connectivity index (χ2n) is 7.36. The molecule has 0 bridgehead atoms. The number of anilines is 1. The normalized spacial score (nSPS) is 16.1. The molecule has 1 fully saturated rings. The van der Waals surface area contributed by atoms with Crippen molar-refractivity contribution in [2.45, 2.75) is 6.42 Å². The van der Waals surface area contributed by atoms with Crippen LogP contribution < -0.4 is 21.9 Å². The van der Waals surface area contributed by atoms with Crippen LogP contribution in [0.5, 0.6) is 0 Å². The van der Waals surface area contributed by atoms with Gasteiger partial charge in [-0.25, -0.2) is 0 Å². The zero-order valence-electron chi connectivity index (χ0n) is 16.8. The van der Waals surface area contributed by atoms with Gasteiger partial charge in [0.05, 0.1) is 35.6 Å². The highest BCUT2D eigenvalue weighted by molar-refractivity contribution is 6.23. The molecule has 2 aromatic rings. The van der Waals surface area contributed by atoms with E-state index in [1.165, 1.54) is 0 Å². The van der Waals surface area contributed by atoms with E-state index in [-0.39, 0.29) is 34.1 Å². The third kappa shape index (κ3) is 4.07. The summed E-state index contributed by atoms with van der Waals surface area (Å²) >= 11 is 0. The van der Waals surface area contributed by atoms with E-state index in [0.717, 1.165) is 49.9 Å². The number of nitrogen functional groups attached to an aromatic ring is 1. The largest absolute Gasteiger partial charge is 0.384 e. The van der Waals surface area contributed by atoms with Gasteiger partial charge in [0.15, 0.2) is 0 Å². The molecule has 3 heterocycles. The standard InChI is InChI=1S/C21H23N5O5/c22-18-17-14(20(29)24-21(17)30)12-16(27)26(18)15-5-2-1-4-13(15)19(28)23-6-3-7-25-8-10-31-11-9-25/h1-2,4-5,12H,3,6-11,22H2,(H,23,28)(H,24,29,30). The lowest BCUT2D eigenvalue weighted by Crippen LogP contribution is -2.38. The van der Waals surface area contributed by atoms with E-state index in [1.807, 2.05) is 0 Å². The predicted octanol–water partition coefficient (Wildman–Crippen LogP) is -0.245. The number of ether oxygens (including phenoxy) is 1. The Morgan fingerprint density at radius 1 is 1.13 bits per heavy atom. The molecule has 0 unspecified atom stereocenters. The van der Waals surface area contributed by atoms with Gasteiger partial charge in [0.25, 0.3) is 23.3 Å². The van der Waals surface area contributed by atoms with Crippen molar-refractivity contribution in [3.8, 4) is 5.69 Å². The third-order valence-electron chi connectivity index (χ3n) is 5.38. The van der Waals surface area contributed by atoms with Crippen molar-refractivity contribution in [2.24, 2.45) is 0 Å². The quantitative estimate of drug-likeness (QED) is 0.429. The average Bonchev–Trinajstić information content (AvgIpc) is 3.05. The minimum Gasteiger partial charge on any atom is -0.384 e. The number of carbonyl (C=O) groups excluding carboxylic acids is 3. The number of morpholine rings is 1. The van der Waals surface area contributed by atoms with Gasteiger partial charge in [0.1, 0.15) is 5.82 Å². The fourth-order valence-corrected chi connectivity index (χ4v) is 3.81. The molecule has 1 aromatic carbocycles. The number of pyridine rings is 1. The molecule has 1 saturated heterocycles. The average molecular weight is 425 g/mol. The van der Waals surface area contributed by atoms with Gasteiger partial charge in [-0.05, 0) is 25.1 Å². The second-order valence-corrected chi connectivity index (χ2v) is 7.36. The van der Waals surface area contributed by atoms with Crippen LogP contribution in [-0.4, -0.2) is 66.6 Å².